The van der Waals surface area contributed by atoms with Gasteiger partial charge < -0.3 is 0 Å². The van der Waals surface area contributed by atoms with Crippen LogP contribution in [0.15, 0.2) is 58.4 Å². The number of rotatable bonds is 3. The Bertz CT molecular complexity index is 849. The van der Waals surface area contributed by atoms with E-state index in [1.54, 1.807) is 6.07 Å². The van der Waals surface area contributed by atoms with Gasteiger partial charge in [0.25, 0.3) is 0 Å². The highest BCUT2D eigenvalue weighted by Crippen LogP contribution is 2.27. The highest BCUT2D eigenvalue weighted by atomic mass is 79.9. The Morgan fingerprint density at radius 2 is 1.90 bits per heavy atom. The van der Waals surface area contributed by atoms with Gasteiger partial charge in [-0.25, -0.2) is 0 Å². The van der Waals surface area contributed by atoms with Gasteiger partial charge in [-0.2, -0.15) is 5.26 Å². The van der Waals surface area contributed by atoms with Crippen LogP contribution in [0.1, 0.15) is 21.2 Å². The van der Waals surface area contributed by atoms with E-state index >= 15 is 0 Å². The molecule has 21 heavy (non-hydrogen) atoms. The van der Waals surface area contributed by atoms with Gasteiger partial charge in [0.05, 0.1) is 6.07 Å². The van der Waals surface area contributed by atoms with E-state index in [0.717, 1.165) is 20.1 Å². The molecule has 0 aliphatic heterocycles. The van der Waals surface area contributed by atoms with Crippen LogP contribution in [0.25, 0.3) is 10.8 Å². The molecule has 0 aliphatic rings. The molecule has 102 valence electrons. The molecule has 0 spiro atoms. The number of thiophene rings is 1. The van der Waals surface area contributed by atoms with Crippen LogP contribution in [0.3, 0.4) is 0 Å². The molecule has 4 heteroatoms. The summed E-state index contributed by atoms with van der Waals surface area (Å²) < 4.78 is 1.00. The van der Waals surface area contributed by atoms with Crippen LogP contribution in [0, 0.1) is 11.3 Å². The Morgan fingerprint density at radius 3 is 2.62 bits per heavy atom. The summed E-state index contributed by atoms with van der Waals surface area (Å²) in [6.07, 6.45) is 0. The zero-order valence-corrected chi connectivity index (χ0v) is 13.3. The number of nitriles is 1. The quantitative estimate of drug-likeness (QED) is 0.609. The molecule has 0 aliphatic carbocycles. The van der Waals surface area contributed by atoms with Gasteiger partial charge in [-0.15, -0.1) is 11.3 Å². The van der Waals surface area contributed by atoms with E-state index < -0.39 is 5.92 Å². The number of benzene rings is 2. The Hall–Kier alpha value is -1.96. The van der Waals surface area contributed by atoms with Crippen molar-refractivity contribution in [3.63, 3.8) is 0 Å². The number of nitrogens with zero attached hydrogens (tertiary/aromatic N) is 1. The molecular weight excluding hydrogens is 346 g/mol. The van der Waals surface area contributed by atoms with Gasteiger partial charge in [0.15, 0.2) is 5.78 Å². The van der Waals surface area contributed by atoms with Gasteiger partial charge in [-0.1, -0.05) is 40.2 Å². The minimum atomic E-state index is -0.724. The van der Waals surface area contributed by atoms with Crippen LogP contribution in [0.5, 0.6) is 0 Å². The smallest absolute Gasteiger partial charge is 0.185 e. The number of hydrogen-bond acceptors (Lipinski definition) is 3. The van der Waals surface area contributed by atoms with E-state index in [-0.39, 0.29) is 5.78 Å². The number of Topliss-reactive ketones (excluding diaryl/α,β-unsaturated/α-hetero) is 1. The van der Waals surface area contributed by atoms with Crippen LogP contribution in [0.4, 0.5) is 0 Å². The molecule has 1 unspecified atom stereocenters. The highest BCUT2D eigenvalue weighted by molar-refractivity contribution is 9.10. The van der Waals surface area contributed by atoms with Crippen LogP contribution < -0.4 is 0 Å². The van der Waals surface area contributed by atoms with Crippen molar-refractivity contribution in [1.29, 1.82) is 5.26 Å². The van der Waals surface area contributed by atoms with Crippen LogP contribution in [0.2, 0.25) is 0 Å². The summed E-state index contributed by atoms with van der Waals surface area (Å²) in [5, 5.41) is 13.2. The van der Waals surface area contributed by atoms with Crippen molar-refractivity contribution in [3.05, 3.63) is 68.8 Å². The Labute approximate surface area is 134 Å². The van der Waals surface area contributed by atoms with Gasteiger partial charge in [0, 0.05) is 14.9 Å². The van der Waals surface area contributed by atoms with E-state index in [0.29, 0.717) is 5.56 Å². The molecule has 0 saturated carbocycles. The topological polar surface area (TPSA) is 40.9 Å². The molecule has 1 aromatic heterocycles. The van der Waals surface area contributed by atoms with Crippen LogP contribution >= 0.6 is 27.3 Å². The molecule has 1 heterocycles. The van der Waals surface area contributed by atoms with Gasteiger partial charge in [-0.05, 0) is 40.4 Å². The second kappa shape index (κ2) is 5.80. The lowest BCUT2D eigenvalue weighted by molar-refractivity contribution is 0.0980. The van der Waals surface area contributed by atoms with Crippen molar-refractivity contribution >= 4 is 43.8 Å². The van der Waals surface area contributed by atoms with E-state index in [1.165, 1.54) is 11.3 Å². The van der Waals surface area contributed by atoms with Crippen LogP contribution in [-0.4, -0.2) is 5.78 Å². The molecule has 3 rings (SSSR count). The standard InChI is InChI=1S/C17H10BrNOS/c18-14-6-5-11-8-13(4-3-12(11)9-14)17(20)15(10-19)16-2-1-7-21-16/h1-9,15H. The molecule has 1 atom stereocenters. The van der Waals surface area contributed by atoms with Gasteiger partial charge in [-0.3, -0.25) is 4.79 Å². The summed E-state index contributed by atoms with van der Waals surface area (Å²) in [7, 11) is 0. The second-order valence-electron chi connectivity index (χ2n) is 4.65. The largest absolute Gasteiger partial charge is 0.292 e. The number of carbonyl (C=O) groups is 1. The fraction of sp³-hybridized carbons (Fsp3) is 0.0588. The normalized spacial score (nSPS) is 12.0. The van der Waals surface area contributed by atoms with Gasteiger partial charge >= 0.3 is 0 Å². The van der Waals surface area contributed by atoms with Crippen molar-refractivity contribution in [3.8, 4) is 6.07 Å². The first kappa shape index (κ1) is 14.0. The molecule has 0 amide bonds. The lowest BCUT2D eigenvalue weighted by Gasteiger charge is -2.07. The highest BCUT2D eigenvalue weighted by Gasteiger charge is 2.22. The third kappa shape index (κ3) is 2.76. The summed E-state index contributed by atoms with van der Waals surface area (Å²) >= 11 is 4.87. The lowest BCUT2D eigenvalue weighted by atomic mass is 9.95. The van der Waals surface area contributed by atoms with Crippen molar-refractivity contribution in [1.82, 2.24) is 0 Å². The number of fused-ring (bicyclic) bond motifs is 1. The molecule has 2 aromatic carbocycles. The zero-order chi connectivity index (χ0) is 14.8. The first-order valence-electron chi connectivity index (χ1n) is 6.35. The molecular formula is C17H10BrNOS. The maximum atomic E-state index is 12.6. The van der Waals surface area contributed by atoms with E-state index in [9.17, 15) is 10.1 Å². The first-order chi connectivity index (χ1) is 10.2. The summed E-state index contributed by atoms with van der Waals surface area (Å²) in [6, 6.07) is 17.3. The predicted molar refractivity (Wildman–Crippen MR) is 88.7 cm³/mol. The minimum absolute atomic E-state index is 0.148. The summed E-state index contributed by atoms with van der Waals surface area (Å²) in [6.45, 7) is 0. The number of halogens is 1. The van der Waals surface area contributed by atoms with Crippen molar-refractivity contribution in [2.24, 2.45) is 0 Å². The molecule has 0 fully saturated rings. The third-order valence-electron chi connectivity index (χ3n) is 3.31. The predicted octanol–water partition coefficient (Wildman–Crippen LogP) is 5.15. The van der Waals surface area contributed by atoms with E-state index in [1.807, 2.05) is 47.8 Å². The number of carbonyl (C=O) groups excluding carboxylic acids is 1. The van der Waals surface area contributed by atoms with Gasteiger partial charge in [0.2, 0.25) is 0 Å². The molecule has 0 N–H and O–H groups in total. The molecule has 0 saturated heterocycles. The Morgan fingerprint density at radius 1 is 1.14 bits per heavy atom. The molecule has 0 radical (unpaired) electrons. The number of hydrogen-bond donors (Lipinski definition) is 0. The lowest BCUT2D eigenvalue weighted by Crippen LogP contribution is -2.09. The van der Waals surface area contributed by atoms with E-state index in [2.05, 4.69) is 22.0 Å². The van der Waals surface area contributed by atoms with Crippen molar-refractivity contribution in [2.45, 2.75) is 5.92 Å². The van der Waals surface area contributed by atoms with Gasteiger partial charge in [0.1, 0.15) is 5.92 Å². The monoisotopic (exact) mass is 355 g/mol. The summed E-state index contributed by atoms with van der Waals surface area (Å²) in [5.41, 5.74) is 0.574. The maximum Gasteiger partial charge on any atom is 0.185 e. The number of ketones is 1. The fourth-order valence-corrected chi connectivity index (χ4v) is 3.39. The Kier molecular flexibility index (Phi) is 3.87. The van der Waals surface area contributed by atoms with Crippen molar-refractivity contribution in [2.75, 3.05) is 0 Å². The third-order valence-corrected chi connectivity index (χ3v) is 4.74. The molecule has 2 nitrogen and oxygen atoms in total. The SMILES string of the molecule is N#CC(C(=O)c1ccc2cc(Br)ccc2c1)c1cccs1. The van der Waals surface area contributed by atoms with E-state index in [4.69, 9.17) is 0 Å². The van der Waals surface area contributed by atoms with Crippen LogP contribution in [-0.2, 0) is 0 Å². The van der Waals surface area contributed by atoms with Crippen molar-refractivity contribution < 1.29 is 4.79 Å². The second-order valence-corrected chi connectivity index (χ2v) is 6.54. The average Bonchev–Trinajstić information content (AvgIpc) is 3.01. The summed E-state index contributed by atoms with van der Waals surface area (Å²) in [4.78, 5) is 13.4. The fourth-order valence-electron chi connectivity index (χ4n) is 2.24. The average molecular weight is 356 g/mol. The minimum Gasteiger partial charge on any atom is -0.292 e. The zero-order valence-electron chi connectivity index (χ0n) is 10.9. The molecule has 0 bridgehead atoms. The summed E-state index contributed by atoms with van der Waals surface area (Å²) in [5.74, 6) is -0.873. The Balaban J connectivity index is 2.01. The maximum absolute atomic E-state index is 12.6. The first-order valence-corrected chi connectivity index (χ1v) is 8.03. The molecule has 3 aromatic rings.